The first-order valence-electron chi connectivity index (χ1n) is 6.05. The van der Waals surface area contributed by atoms with Gasteiger partial charge in [0.25, 0.3) is 0 Å². The summed E-state index contributed by atoms with van der Waals surface area (Å²) in [6.45, 7) is 14.6. The van der Waals surface area contributed by atoms with Crippen LogP contribution in [0.15, 0.2) is 0 Å². The second kappa shape index (κ2) is 7.57. The summed E-state index contributed by atoms with van der Waals surface area (Å²) >= 11 is 0. The molecule has 6 heteroatoms. The van der Waals surface area contributed by atoms with Gasteiger partial charge in [0.2, 0.25) is 0 Å². The van der Waals surface area contributed by atoms with Crippen LogP contribution in [0.25, 0.3) is 0 Å². The Labute approximate surface area is 102 Å². The predicted molar refractivity (Wildman–Crippen MR) is 69.7 cm³/mol. The van der Waals surface area contributed by atoms with E-state index in [1.165, 1.54) is 0 Å². The maximum atomic E-state index is 5.87. The van der Waals surface area contributed by atoms with Gasteiger partial charge in [-0.25, -0.2) is 0 Å². The normalized spacial score (nSPS) is 13.1. The summed E-state index contributed by atoms with van der Waals surface area (Å²) in [5, 5.41) is 0. The maximum Gasteiger partial charge on any atom is 0.381 e. The van der Waals surface area contributed by atoms with Crippen LogP contribution < -0.4 is 0 Å². The zero-order valence-electron chi connectivity index (χ0n) is 11.5. The van der Waals surface area contributed by atoms with E-state index in [2.05, 4.69) is 13.1 Å². The molecule has 0 aromatic carbocycles. The third kappa shape index (κ3) is 3.94. The highest BCUT2D eigenvalue weighted by Gasteiger charge is 2.57. The lowest BCUT2D eigenvalue weighted by atomic mass is 10.9. The van der Waals surface area contributed by atoms with E-state index in [0.717, 1.165) is 0 Å². The van der Waals surface area contributed by atoms with Crippen molar-refractivity contribution in [1.82, 2.24) is 0 Å². The van der Waals surface area contributed by atoms with Crippen LogP contribution in [0.2, 0.25) is 13.1 Å². The van der Waals surface area contributed by atoms with E-state index >= 15 is 0 Å². The van der Waals surface area contributed by atoms with Crippen molar-refractivity contribution in [1.29, 1.82) is 0 Å². The first-order chi connectivity index (χ1) is 7.49. The quantitative estimate of drug-likeness (QED) is 0.600. The predicted octanol–water partition coefficient (Wildman–Crippen LogP) is 2.35. The van der Waals surface area contributed by atoms with Gasteiger partial charge in [-0.05, 0) is 40.8 Å². The molecule has 0 N–H and O–H groups in total. The molecule has 0 aliphatic heterocycles. The molecule has 0 aliphatic rings. The Balaban J connectivity index is 4.90. The minimum Gasteiger partial charge on any atom is -0.394 e. The third-order valence-corrected chi connectivity index (χ3v) is 14.2. The average molecular weight is 266 g/mol. The highest BCUT2D eigenvalue weighted by molar-refractivity contribution is 7.31. The molecular formula is C10H26O4Si2. The molecule has 0 aliphatic carbocycles. The van der Waals surface area contributed by atoms with Crippen LogP contribution in [0.1, 0.15) is 27.7 Å². The van der Waals surface area contributed by atoms with Crippen molar-refractivity contribution in [2.75, 3.05) is 26.4 Å². The second-order valence-electron chi connectivity index (χ2n) is 3.62. The molecule has 16 heavy (non-hydrogen) atoms. The van der Waals surface area contributed by atoms with Gasteiger partial charge in [-0.2, -0.15) is 0 Å². The lowest BCUT2D eigenvalue weighted by Crippen LogP contribution is -2.67. The van der Waals surface area contributed by atoms with Gasteiger partial charge in [-0.1, -0.05) is 0 Å². The summed E-state index contributed by atoms with van der Waals surface area (Å²) in [6.07, 6.45) is 0. The summed E-state index contributed by atoms with van der Waals surface area (Å²) in [5.74, 6) is 0. The lowest BCUT2D eigenvalue weighted by Gasteiger charge is -2.38. The van der Waals surface area contributed by atoms with Gasteiger partial charge >= 0.3 is 16.2 Å². The maximum absolute atomic E-state index is 5.87. The lowest BCUT2D eigenvalue weighted by molar-refractivity contribution is 0.151. The molecule has 0 saturated heterocycles. The van der Waals surface area contributed by atoms with Gasteiger partial charge in [0, 0.05) is 26.4 Å². The van der Waals surface area contributed by atoms with E-state index in [-0.39, 0.29) is 0 Å². The first kappa shape index (κ1) is 16.3. The Bertz CT molecular complexity index is 158. The highest BCUT2D eigenvalue weighted by atomic mass is 29.3. The van der Waals surface area contributed by atoms with Gasteiger partial charge in [0.05, 0.1) is 0 Å². The van der Waals surface area contributed by atoms with Crippen molar-refractivity contribution in [3.63, 3.8) is 0 Å². The van der Waals surface area contributed by atoms with Crippen LogP contribution in [-0.4, -0.2) is 42.6 Å². The van der Waals surface area contributed by atoms with E-state index in [0.29, 0.717) is 26.4 Å². The Morgan fingerprint density at radius 2 is 0.750 bits per heavy atom. The molecule has 0 unspecified atom stereocenters. The molecule has 0 fully saturated rings. The van der Waals surface area contributed by atoms with Crippen LogP contribution in [0.5, 0.6) is 0 Å². The zero-order chi connectivity index (χ0) is 12.7. The first-order valence-corrected chi connectivity index (χ1v) is 11.7. The SMILES string of the molecule is CCO[Si](C)(OCC)[Si](C)(OCC)OCC. The zero-order valence-corrected chi connectivity index (χ0v) is 13.5. The fourth-order valence-electron chi connectivity index (χ4n) is 1.71. The van der Waals surface area contributed by atoms with Crippen LogP contribution in [0.4, 0.5) is 0 Å². The Morgan fingerprint density at radius 1 is 0.562 bits per heavy atom. The van der Waals surface area contributed by atoms with Gasteiger partial charge in [0.1, 0.15) is 0 Å². The minimum atomic E-state index is -2.35. The Morgan fingerprint density at radius 3 is 0.875 bits per heavy atom. The number of rotatable bonds is 9. The van der Waals surface area contributed by atoms with E-state index in [1.54, 1.807) is 0 Å². The minimum absolute atomic E-state index is 0.644. The largest absolute Gasteiger partial charge is 0.394 e. The molecule has 0 amide bonds. The fourth-order valence-corrected chi connectivity index (χ4v) is 10.0. The monoisotopic (exact) mass is 266 g/mol. The summed E-state index contributed by atoms with van der Waals surface area (Å²) in [4.78, 5) is 0. The highest BCUT2D eigenvalue weighted by Crippen LogP contribution is 2.24. The third-order valence-electron chi connectivity index (χ3n) is 2.50. The molecule has 0 heterocycles. The fraction of sp³-hybridized carbons (Fsp3) is 1.00. The molecule has 0 rings (SSSR count). The summed E-state index contributed by atoms with van der Waals surface area (Å²) in [5.41, 5.74) is 0. The number of hydrogen-bond acceptors (Lipinski definition) is 4. The van der Waals surface area contributed by atoms with Crippen LogP contribution >= 0.6 is 0 Å². The van der Waals surface area contributed by atoms with Crippen molar-refractivity contribution in [3.8, 4) is 0 Å². The molecule has 98 valence electrons. The molecule has 0 saturated carbocycles. The van der Waals surface area contributed by atoms with E-state index < -0.39 is 16.2 Å². The molecule has 0 atom stereocenters. The molecule has 4 nitrogen and oxygen atoms in total. The van der Waals surface area contributed by atoms with Crippen LogP contribution in [-0.2, 0) is 17.7 Å². The standard InChI is InChI=1S/C10H26O4Si2/c1-7-11-15(5,12-8-2)16(6,13-9-3)14-10-4/h7-10H2,1-6H3. The smallest absolute Gasteiger partial charge is 0.381 e. The van der Waals surface area contributed by atoms with Gasteiger partial charge in [0.15, 0.2) is 0 Å². The van der Waals surface area contributed by atoms with Crippen LogP contribution in [0.3, 0.4) is 0 Å². The molecule has 0 radical (unpaired) electrons. The average Bonchev–Trinajstić information content (AvgIpc) is 2.19. The van der Waals surface area contributed by atoms with Crippen LogP contribution in [0, 0.1) is 0 Å². The topological polar surface area (TPSA) is 36.9 Å². The van der Waals surface area contributed by atoms with Crippen molar-refractivity contribution >= 4 is 16.2 Å². The summed E-state index contributed by atoms with van der Waals surface area (Å²) in [7, 11) is -4.70. The molecule has 0 aromatic rings. The van der Waals surface area contributed by atoms with Crippen molar-refractivity contribution in [2.45, 2.75) is 40.8 Å². The van der Waals surface area contributed by atoms with Gasteiger partial charge < -0.3 is 17.7 Å². The molecule has 0 aromatic heterocycles. The Kier molecular flexibility index (Phi) is 7.70. The summed E-state index contributed by atoms with van der Waals surface area (Å²) in [6, 6.07) is 0. The van der Waals surface area contributed by atoms with Crippen molar-refractivity contribution in [2.24, 2.45) is 0 Å². The number of hydrogen-bond donors (Lipinski definition) is 0. The molecular weight excluding hydrogens is 240 g/mol. The van der Waals surface area contributed by atoms with Gasteiger partial charge in [-0.3, -0.25) is 0 Å². The van der Waals surface area contributed by atoms with E-state index in [9.17, 15) is 0 Å². The van der Waals surface area contributed by atoms with E-state index in [4.69, 9.17) is 17.7 Å². The van der Waals surface area contributed by atoms with E-state index in [1.807, 2.05) is 27.7 Å². The second-order valence-corrected chi connectivity index (χ2v) is 14.0. The van der Waals surface area contributed by atoms with Gasteiger partial charge in [-0.15, -0.1) is 0 Å². The van der Waals surface area contributed by atoms with Crippen molar-refractivity contribution in [3.05, 3.63) is 0 Å². The molecule has 0 spiro atoms. The van der Waals surface area contributed by atoms with Crippen molar-refractivity contribution < 1.29 is 17.7 Å². The molecule has 0 bridgehead atoms. The Hall–Kier alpha value is 0.274. The summed E-state index contributed by atoms with van der Waals surface area (Å²) < 4.78 is 23.5.